The molecular formula is C15H12O4. The van der Waals surface area contributed by atoms with Crippen molar-refractivity contribution in [3.05, 3.63) is 54.1 Å². The summed E-state index contributed by atoms with van der Waals surface area (Å²) in [5.41, 5.74) is 1.84. The summed E-state index contributed by atoms with van der Waals surface area (Å²) in [5.74, 6) is -1.62. The smallest absolute Gasteiger partial charge is 0.377 e. The lowest BCUT2D eigenvalue weighted by atomic mass is 10.0. The Labute approximate surface area is 110 Å². The summed E-state index contributed by atoms with van der Waals surface area (Å²) in [6.45, 7) is 0. The van der Waals surface area contributed by atoms with E-state index in [0.29, 0.717) is 0 Å². The van der Waals surface area contributed by atoms with Crippen molar-refractivity contribution in [1.29, 1.82) is 0 Å². The maximum Gasteiger partial charge on any atom is 0.377 e. The van der Waals surface area contributed by atoms with Crippen LogP contribution in [0.4, 0.5) is 0 Å². The van der Waals surface area contributed by atoms with Crippen LogP contribution in [0, 0.1) is 0 Å². The van der Waals surface area contributed by atoms with Crippen molar-refractivity contribution in [1.82, 2.24) is 0 Å². The van der Waals surface area contributed by atoms with Gasteiger partial charge in [0.25, 0.3) is 5.78 Å². The fraction of sp³-hybridized carbons (Fsp3) is 0.0667. The fourth-order valence-electron chi connectivity index (χ4n) is 1.75. The molecule has 0 aliphatic carbocycles. The number of carbonyl (C=O) groups excluding carboxylic acids is 1. The van der Waals surface area contributed by atoms with Crippen LogP contribution < -0.4 is 4.74 Å². The molecule has 2 rings (SSSR count). The van der Waals surface area contributed by atoms with E-state index in [9.17, 15) is 9.59 Å². The number of aliphatic carboxylic acids is 1. The summed E-state index contributed by atoms with van der Waals surface area (Å²) >= 11 is 0. The number of Topliss-reactive ketones (excluding diaryl/α,β-unsaturated/α-hetero) is 1. The highest BCUT2D eigenvalue weighted by atomic mass is 16.5. The van der Waals surface area contributed by atoms with E-state index in [1.54, 1.807) is 31.4 Å². The largest absolute Gasteiger partial charge is 0.497 e. The molecule has 0 aliphatic heterocycles. The van der Waals surface area contributed by atoms with Crippen LogP contribution >= 0.6 is 0 Å². The van der Waals surface area contributed by atoms with Crippen LogP contribution in [0.1, 0.15) is 10.4 Å². The van der Waals surface area contributed by atoms with E-state index in [2.05, 4.69) is 0 Å². The maximum atomic E-state index is 11.4. The van der Waals surface area contributed by atoms with Gasteiger partial charge in [0.15, 0.2) is 0 Å². The molecule has 2 aromatic rings. The van der Waals surface area contributed by atoms with Gasteiger partial charge >= 0.3 is 5.97 Å². The van der Waals surface area contributed by atoms with Gasteiger partial charge in [0.1, 0.15) is 5.75 Å². The van der Waals surface area contributed by atoms with Gasteiger partial charge in [-0.1, -0.05) is 30.3 Å². The number of hydrogen-bond acceptors (Lipinski definition) is 3. The molecule has 0 saturated heterocycles. The van der Waals surface area contributed by atoms with Crippen molar-refractivity contribution in [3.8, 4) is 16.9 Å². The minimum atomic E-state index is -1.45. The van der Waals surface area contributed by atoms with Gasteiger partial charge in [-0.15, -0.1) is 0 Å². The molecule has 0 fully saturated rings. The third kappa shape index (κ3) is 2.80. The Morgan fingerprint density at radius 3 is 2.26 bits per heavy atom. The van der Waals surface area contributed by atoms with Crippen LogP contribution in [-0.4, -0.2) is 24.0 Å². The van der Waals surface area contributed by atoms with Crippen LogP contribution in [0.2, 0.25) is 0 Å². The van der Waals surface area contributed by atoms with Gasteiger partial charge in [-0.2, -0.15) is 0 Å². The zero-order valence-corrected chi connectivity index (χ0v) is 10.3. The average molecular weight is 256 g/mol. The van der Waals surface area contributed by atoms with E-state index in [1.807, 2.05) is 18.2 Å². The van der Waals surface area contributed by atoms with Gasteiger partial charge < -0.3 is 9.84 Å². The molecule has 0 unspecified atom stereocenters. The number of hydrogen-bond donors (Lipinski definition) is 1. The number of ketones is 1. The molecule has 0 radical (unpaired) electrons. The Kier molecular flexibility index (Phi) is 3.61. The molecule has 2 aromatic carbocycles. The first kappa shape index (κ1) is 12.8. The first-order valence-electron chi connectivity index (χ1n) is 5.64. The predicted octanol–water partition coefficient (Wildman–Crippen LogP) is 2.63. The topological polar surface area (TPSA) is 63.6 Å². The molecule has 4 nitrogen and oxygen atoms in total. The van der Waals surface area contributed by atoms with E-state index in [4.69, 9.17) is 9.84 Å². The third-order valence-electron chi connectivity index (χ3n) is 2.74. The molecule has 4 heteroatoms. The molecule has 0 saturated carbocycles. The summed E-state index contributed by atoms with van der Waals surface area (Å²) < 4.78 is 5.07. The Balaban J connectivity index is 2.37. The molecular weight excluding hydrogens is 244 g/mol. The molecule has 0 spiro atoms. The van der Waals surface area contributed by atoms with Crippen LogP contribution in [0.15, 0.2) is 48.5 Å². The van der Waals surface area contributed by atoms with Gasteiger partial charge in [-0.25, -0.2) is 4.79 Å². The van der Waals surface area contributed by atoms with E-state index < -0.39 is 11.8 Å². The number of benzene rings is 2. The zero-order chi connectivity index (χ0) is 13.8. The van der Waals surface area contributed by atoms with E-state index in [1.165, 1.54) is 6.07 Å². The molecule has 0 atom stereocenters. The quantitative estimate of drug-likeness (QED) is 0.674. The zero-order valence-electron chi connectivity index (χ0n) is 10.3. The molecule has 0 heterocycles. The van der Waals surface area contributed by atoms with Crippen molar-refractivity contribution >= 4 is 11.8 Å². The standard InChI is InChI=1S/C15H12O4/c1-19-13-7-5-10(6-8-13)11-3-2-4-12(9-11)14(16)15(17)18/h2-9H,1H3,(H,17,18). The fourth-order valence-corrected chi connectivity index (χ4v) is 1.75. The van der Waals surface area contributed by atoms with Crippen LogP contribution in [0.5, 0.6) is 5.75 Å². The minimum Gasteiger partial charge on any atom is -0.497 e. The Bertz CT molecular complexity index is 614. The molecule has 96 valence electrons. The SMILES string of the molecule is COc1ccc(-c2cccc(C(=O)C(=O)O)c2)cc1. The summed E-state index contributed by atoms with van der Waals surface area (Å²) in [6, 6.07) is 13.9. The van der Waals surface area contributed by atoms with Crippen molar-refractivity contribution in [2.45, 2.75) is 0 Å². The third-order valence-corrected chi connectivity index (χ3v) is 2.74. The Morgan fingerprint density at radius 1 is 1.00 bits per heavy atom. The first-order valence-corrected chi connectivity index (χ1v) is 5.64. The van der Waals surface area contributed by atoms with E-state index in [-0.39, 0.29) is 5.56 Å². The second kappa shape index (κ2) is 5.35. The monoisotopic (exact) mass is 256 g/mol. The minimum absolute atomic E-state index is 0.167. The second-order valence-electron chi connectivity index (χ2n) is 3.94. The Hall–Kier alpha value is -2.62. The second-order valence-corrected chi connectivity index (χ2v) is 3.94. The normalized spacial score (nSPS) is 9.95. The lowest BCUT2D eigenvalue weighted by Crippen LogP contribution is -2.12. The van der Waals surface area contributed by atoms with Crippen molar-refractivity contribution in [3.63, 3.8) is 0 Å². The van der Waals surface area contributed by atoms with Crippen molar-refractivity contribution < 1.29 is 19.4 Å². The van der Waals surface area contributed by atoms with Crippen molar-refractivity contribution in [2.75, 3.05) is 7.11 Å². The van der Waals surface area contributed by atoms with Crippen LogP contribution in [0.25, 0.3) is 11.1 Å². The highest BCUT2D eigenvalue weighted by Crippen LogP contribution is 2.23. The van der Waals surface area contributed by atoms with Gasteiger partial charge in [0, 0.05) is 5.56 Å². The van der Waals surface area contributed by atoms with Gasteiger partial charge in [0.05, 0.1) is 7.11 Å². The lowest BCUT2D eigenvalue weighted by Gasteiger charge is -2.05. The van der Waals surface area contributed by atoms with Crippen LogP contribution in [-0.2, 0) is 4.79 Å². The maximum absolute atomic E-state index is 11.4. The summed E-state index contributed by atoms with van der Waals surface area (Å²) in [5, 5.41) is 8.70. The highest BCUT2D eigenvalue weighted by molar-refractivity contribution is 6.39. The van der Waals surface area contributed by atoms with Gasteiger partial charge in [0.2, 0.25) is 0 Å². The number of carboxylic acids is 1. The van der Waals surface area contributed by atoms with Gasteiger partial charge in [-0.3, -0.25) is 4.79 Å². The van der Waals surface area contributed by atoms with E-state index >= 15 is 0 Å². The first-order chi connectivity index (χ1) is 9.11. The molecule has 0 aliphatic rings. The highest BCUT2D eigenvalue weighted by Gasteiger charge is 2.14. The number of rotatable bonds is 4. The molecule has 19 heavy (non-hydrogen) atoms. The van der Waals surface area contributed by atoms with Crippen LogP contribution in [0.3, 0.4) is 0 Å². The summed E-state index contributed by atoms with van der Waals surface area (Å²) in [6.07, 6.45) is 0. The predicted molar refractivity (Wildman–Crippen MR) is 70.4 cm³/mol. The number of carbonyl (C=O) groups is 2. The Morgan fingerprint density at radius 2 is 1.68 bits per heavy atom. The molecule has 0 aromatic heterocycles. The molecule has 1 N–H and O–H groups in total. The number of methoxy groups -OCH3 is 1. The van der Waals surface area contributed by atoms with Crippen molar-refractivity contribution in [2.24, 2.45) is 0 Å². The van der Waals surface area contributed by atoms with Gasteiger partial charge in [-0.05, 0) is 29.3 Å². The molecule has 0 bridgehead atoms. The van der Waals surface area contributed by atoms with E-state index in [0.717, 1.165) is 16.9 Å². The molecule has 0 amide bonds. The number of carboxylic acid groups (broad SMARTS) is 1. The summed E-state index contributed by atoms with van der Waals surface area (Å²) in [4.78, 5) is 22.1. The summed E-state index contributed by atoms with van der Waals surface area (Å²) in [7, 11) is 1.58. The lowest BCUT2D eigenvalue weighted by molar-refractivity contribution is -0.131. The average Bonchev–Trinajstić information content (AvgIpc) is 2.46. The number of ether oxygens (including phenoxy) is 1.